The Labute approximate surface area is 149 Å². The van der Waals surface area contributed by atoms with Crippen LogP contribution in [0.3, 0.4) is 0 Å². The van der Waals surface area contributed by atoms with Crippen molar-refractivity contribution >= 4 is 15.9 Å². The van der Waals surface area contributed by atoms with Crippen LogP contribution in [0.25, 0.3) is 0 Å². The minimum Gasteiger partial charge on any atom is -0.343 e. The second-order valence-corrected chi connectivity index (χ2v) is 7.40. The molecule has 0 atom stereocenters. The Bertz CT molecular complexity index is 862. The topological polar surface area (TPSA) is 75.3 Å². The molecule has 26 heavy (non-hydrogen) atoms. The largest absolute Gasteiger partial charge is 0.405 e. The maximum absolute atomic E-state index is 12.3. The molecule has 0 unspecified atom stereocenters. The quantitative estimate of drug-likeness (QED) is 0.802. The molecule has 1 amide bonds. The molecule has 0 bridgehead atoms. The van der Waals surface area contributed by atoms with E-state index < -0.39 is 28.7 Å². The minimum atomic E-state index is -4.52. The van der Waals surface area contributed by atoms with Crippen LogP contribution in [0.1, 0.15) is 21.5 Å². The first kappa shape index (κ1) is 19.9. The molecule has 9 heteroatoms. The van der Waals surface area contributed by atoms with Crippen molar-refractivity contribution in [3.63, 3.8) is 0 Å². The van der Waals surface area contributed by atoms with Crippen molar-refractivity contribution in [1.29, 1.82) is 0 Å². The fraction of sp³-hybridized carbons (Fsp3) is 0.235. The number of benzene rings is 2. The predicted molar refractivity (Wildman–Crippen MR) is 90.0 cm³/mol. The Morgan fingerprint density at radius 2 is 1.58 bits per heavy atom. The van der Waals surface area contributed by atoms with Crippen LogP contribution >= 0.6 is 0 Å². The zero-order valence-electron chi connectivity index (χ0n) is 13.8. The summed E-state index contributed by atoms with van der Waals surface area (Å²) in [5.74, 6) is -0.932. The normalized spacial score (nSPS) is 12.0. The van der Waals surface area contributed by atoms with E-state index >= 15 is 0 Å². The molecule has 5 nitrogen and oxygen atoms in total. The second-order valence-electron chi connectivity index (χ2n) is 5.63. The van der Waals surface area contributed by atoms with Crippen LogP contribution in [0, 0.1) is 6.92 Å². The first-order valence-electron chi connectivity index (χ1n) is 7.57. The van der Waals surface area contributed by atoms with Gasteiger partial charge < -0.3 is 5.32 Å². The van der Waals surface area contributed by atoms with Crippen LogP contribution < -0.4 is 10.0 Å². The molecule has 0 saturated heterocycles. The Morgan fingerprint density at radius 1 is 1.00 bits per heavy atom. The maximum Gasteiger partial charge on any atom is 0.405 e. The third-order valence-electron chi connectivity index (χ3n) is 3.46. The van der Waals surface area contributed by atoms with Crippen LogP contribution in [0.5, 0.6) is 0 Å². The average molecular weight is 386 g/mol. The van der Waals surface area contributed by atoms with Gasteiger partial charge in [-0.3, -0.25) is 4.79 Å². The van der Waals surface area contributed by atoms with Crippen molar-refractivity contribution in [3.8, 4) is 0 Å². The summed E-state index contributed by atoms with van der Waals surface area (Å²) in [6.07, 6.45) is -4.52. The molecule has 140 valence electrons. The SMILES string of the molecule is Cc1ccc(CNS(=O)(=O)c2ccc(C(=O)NCC(F)(F)F)cc2)cc1. The number of hydrogen-bond donors (Lipinski definition) is 2. The molecule has 2 aromatic rings. The van der Waals surface area contributed by atoms with Crippen LogP contribution in [-0.4, -0.2) is 27.0 Å². The molecule has 2 aromatic carbocycles. The van der Waals surface area contributed by atoms with Gasteiger partial charge in [0.25, 0.3) is 5.91 Å². The Morgan fingerprint density at radius 3 is 2.12 bits per heavy atom. The first-order valence-corrected chi connectivity index (χ1v) is 9.05. The van der Waals surface area contributed by atoms with E-state index in [1.807, 2.05) is 19.1 Å². The second kappa shape index (κ2) is 7.88. The minimum absolute atomic E-state index is 0.0632. The number of sulfonamides is 1. The fourth-order valence-corrected chi connectivity index (χ4v) is 3.05. The molecule has 0 aliphatic carbocycles. The van der Waals surface area contributed by atoms with Gasteiger partial charge in [-0.2, -0.15) is 13.2 Å². The summed E-state index contributed by atoms with van der Waals surface area (Å²) in [6.45, 7) is 0.556. The molecule has 0 radical (unpaired) electrons. The molecular weight excluding hydrogens is 369 g/mol. The van der Waals surface area contributed by atoms with Crippen LogP contribution in [0.15, 0.2) is 53.4 Å². The van der Waals surface area contributed by atoms with Gasteiger partial charge in [-0.1, -0.05) is 29.8 Å². The van der Waals surface area contributed by atoms with E-state index in [4.69, 9.17) is 0 Å². The number of alkyl halides is 3. The summed E-state index contributed by atoms with van der Waals surface area (Å²) < 4.78 is 63.2. The Balaban J connectivity index is 2.01. The zero-order valence-corrected chi connectivity index (χ0v) is 14.6. The van der Waals surface area contributed by atoms with E-state index in [0.29, 0.717) is 0 Å². The van der Waals surface area contributed by atoms with Crippen LogP contribution in [0.2, 0.25) is 0 Å². The van der Waals surface area contributed by atoms with Gasteiger partial charge in [0.1, 0.15) is 6.54 Å². The summed E-state index contributed by atoms with van der Waals surface area (Å²) in [5.41, 5.74) is 1.77. The number of carbonyl (C=O) groups excluding carboxylic acids is 1. The number of halogens is 3. The van der Waals surface area contributed by atoms with Crippen LogP contribution in [0.4, 0.5) is 13.2 Å². The maximum atomic E-state index is 12.3. The lowest BCUT2D eigenvalue weighted by atomic mass is 10.2. The lowest BCUT2D eigenvalue weighted by Crippen LogP contribution is -2.33. The van der Waals surface area contributed by atoms with E-state index in [1.165, 1.54) is 12.1 Å². The predicted octanol–water partition coefficient (Wildman–Crippen LogP) is 2.77. The standard InChI is InChI=1S/C17H17F3N2O3S/c1-12-2-4-13(5-3-12)10-22-26(24,25)15-8-6-14(7-9-15)16(23)21-11-17(18,19)20/h2-9,22H,10-11H2,1H3,(H,21,23). The van der Waals surface area contributed by atoms with Gasteiger partial charge >= 0.3 is 6.18 Å². The van der Waals surface area contributed by atoms with Crippen molar-refractivity contribution in [2.24, 2.45) is 0 Å². The summed E-state index contributed by atoms with van der Waals surface area (Å²) >= 11 is 0. The highest BCUT2D eigenvalue weighted by Gasteiger charge is 2.28. The molecule has 0 spiro atoms. The summed E-state index contributed by atoms with van der Waals surface area (Å²) in [4.78, 5) is 11.5. The molecule has 0 aliphatic heterocycles. The first-order chi connectivity index (χ1) is 12.1. The van der Waals surface area contributed by atoms with E-state index in [2.05, 4.69) is 4.72 Å². The van der Waals surface area contributed by atoms with E-state index in [0.717, 1.165) is 23.3 Å². The molecule has 0 heterocycles. The summed E-state index contributed by atoms with van der Waals surface area (Å²) in [5, 5.41) is 1.72. The summed E-state index contributed by atoms with van der Waals surface area (Å²) in [6, 6.07) is 12.0. The average Bonchev–Trinajstić information content (AvgIpc) is 2.59. The summed E-state index contributed by atoms with van der Waals surface area (Å²) in [7, 11) is -3.81. The van der Waals surface area contributed by atoms with Crippen molar-refractivity contribution in [1.82, 2.24) is 10.0 Å². The smallest absolute Gasteiger partial charge is 0.343 e. The number of carbonyl (C=O) groups is 1. The van der Waals surface area contributed by atoms with Crippen molar-refractivity contribution < 1.29 is 26.4 Å². The molecule has 0 saturated carbocycles. The number of rotatable bonds is 6. The van der Waals surface area contributed by atoms with E-state index in [1.54, 1.807) is 17.4 Å². The number of nitrogens with one attached hydrogen (secondary N) is 2. The molecule has 0 aromatic heterocycles. The highest BCUT2D eigenvalue weighted by atomic mass is 32.2. The lowest BCUT2D eigenvalue weighted by Gasteiger charge is -2.10. The Hall–Kier alpha value is -2.39. The molecule has 0 aliphatic rings. The van der Waals surface area contributed by atoms with Gasteiger partial charge in [0.05, 0.1) is 4.90 Å². The number of aryl methyl sites for hydroxylation is 1. The molecular formula is C17H17F3N2O3S. The highest BCUT2D eigenvalue weighted by Crippen LogP contribution is 2.14. The van der Waals surface area contributed by atoms with Gasteiger partial charge in [-0.15, -0.1) is 0 Å². The Kier molecular flexibility index (Phi) is 6.04. The van der Waals surface area contributed by atoms with Crippen molar-refractivity contribution in [2.75, 3.05) is 6.54 Å². The van der Waals surface area contributed by atoms with Crippen LogP contribution in [-0.2, 0) is 16.6 Å². The van der Waals surface area contributed by atoms with Gasteiger partial charge in [0.2, 0.25) is 10.0 Å². The van der Waals surface area contributed by atoms with E-state index in [-0.39, 0.29) is 17.0 Å². The number of amides is 1. The monoisotopic (exact) mass is 386 g/mol. The third kappa shape index (κ3) is 5.85. The van der Waals surface area contributed by atoms with Gasteiger partial charge in [-0.05, 0) is 36.8 Å². The third-order valence-corrected chi connectivity index (χ3v) is 4.88. The zero-order chi connectivity index (χ0) is 19.4. The number of hydrogen-bond acceptors (Lipinski definition) is 3. The molecule has 2 rings (SSSR count). The highest BCUT2D eigenvalue weighted by molar-refractivity contribution is 7.89. The van der Waals surface area contributed by atoms with Crippen molar-refractivity contribution in [2.45, 2.75) is 24.5 Å². The van der Waals surface area contributed by atoms with Gasteiger partial charge in [-0.25, -0.2) is 13.1 Å². The molecule has 0 fully saturated rings. The molecule has 2 N–H and O–H groups in total. The fourth-order valence-electron chi connectivity index (χ4n) is 2.04. The van der Waals surface area contributed by atoms with E-state index in [9.17, 15) is 26.4 Å². The van der Waals surface area contributed by atoms with Gasteiger partial charge in [0, 0.05) is 12.1 Å². The lowest BCUT2D eigenvalue weighted by molar-refractivity contribution is -0.123. The van der Waals surface area contributed by atoms with Gasteiger partial charge in [0.15, 0.2) is 0 Å². The van der Waals surface area contributed by atoms with Crippen molar-refractivity contribution in [3.05, 3.63) is 65.2 Å².